The highest BCUT2D eigenvalue weighted by Crippen LogP contribution is 2.13. The summed E-state index contributed by atoms with van der Waals surface area (Å²) in [5.41, 5.74) is 0.152. The van der Waals surface area contributed by atoms with Crippen molar-refractivity contribution in [3.8, 4) is 5.75 Å². The van der Waals surface area contributed by atoms with Crippen molar-refractivity contribution in [2.45, 2.75) is 6.10 Å². The number of hydrogen-bond donors (Lipinski definition) is 2. The Balaban J connectivity index is 2.54. The Kier molecular flexibility index (Phi) is 4.75. The molecule has 0 spiro atoms. The summed E-state index contributed by atoms with van der Waals surface area (Å²) in [6, 6.07) is 6.09. The Morgan fingerprint density at radius 2 is 2.19 bits per heavy atom. The lowest BCUT2D eigenvalue weighted by Gasteiger charge is -2.11. The molecule has 5 nitrogen and oxygen atoms in total. The van der Waals surface area contributed by atoms with E-state index in [0.29, 0.717) is 5.75 Å². The van der Waals surface area contributed by atoms with E-state index in [1.54, 1.807) is 12.1 Å². The van der Waals surface area contributed by atoms with E-state index >= 15 is 0 Å². The van der Waals surface area contributed by atoms with Gasteiger partial charge in [-0.2, -0.15) is 0 Å². The minimum absolute atomic E-state index is 0.0664. The van der Waals surface area contributed by atoms with Crippen molar-refractivity contribution < 1.29 is 24.5 Å². The molecule has 0 heterocycles. The number of aliphatic hydroxyl groups is 1. The van der Waals surface area contributed by atoms with Crippen LogP contribution in [0.25, 0.3) is 0 Å². The maximum atomic E-state index is 10.7. The summed E-state index contributed by atoms with van der Waals surface area (Å²) in [7, 11) is 1.48. The normalized spacial score (nSPS) is 12.1. The molecule has 0 unspecified atom stereocenters. The van der Waals surface area contributed by atoms with Crippen LogP contribution in [0.15, 0.2) is 24.3 Å². The number of carboxylic acid groups (broad SMARTS) is 1. The molecule has 0 amide bonds. The lowest BCUT2D eigenvalue weighted by Crippen LogP contribution is -2.22. The van der Waals surface area contributed by atoms with Gasteiger partial charge in [0.15, 0.2) is 0 Å². The lowest BCUT2D eigenvalue weighted by atomic mass is 10.2. The summed E-state index contributed by atoms with van der Waals surface area (Å²) in [6.07, 6.45) is -0.724. The van der Waals surface area contributed by atoms with E-state index in [4.69, 9.17) is 14.6 Å². The molecule has 16 heavy (non-hydrogen) atoms. The molecule has 1 atom stereocenters. The van der Waals surface area contributed by atoms with Crippen LogP contribution in [0.1, 0.15) is 10.4 Å². The maximum Gasteiger partial charge on any atom is 0.335 e. The molecule has 0 fully saturated rings. The largest absolute Gasteiger partial charge is 0.491 e. The maximum absolute atomic E-state index is 10.7. The van der Waals surface area contributed by atoms with E-state index in [2.05, 4.69) is 0 Å². The van der Waals surface area contributed by atoms with Gasteiger partial charge in [-0.05, 0) is 18.2 Å². The summed E-state index contributed by atoms with van der Waals surface area (Å²) in [4.78, 5) is 10.7. The summed E-state index contributed by atoms with van der Waals surface area (Å²) in [6.45, 7) is 0.246. The fraction of sp³-hybridized carbons (Fsp3) is 0.364. The van der Waals surface area contributed by atoms with Gasteiger partial charge in [-0.15, -0.1) is 0 Å². The van der Waals surface area contributed by atoms with Crippen LogP contribution in [-0.2, 0) is 4.74 Å². The van der Waals surface area contributed by atoms with Crippen molar-refractivity contribution in [3.63, 3.8) is 0 Å². The number of methoxy groups -OCH3 is 1. The molecule has 0 saturated carbocycles. The van der Waals surface area contributed by atoms with E-state index in [-0.39, 0.29) is 18.8 Å². The Morgan fingerprint density at radius 3 is 2.81 bits per heavy atom. The van der Waals surface area contributed by atoms with Crippen molar-refractivity contribution in [3.05, 3.63) is 29.8 Å². The third-order valence-corrected chi connectivity index (χ3v) is 1.88. The Bertz CT molecular complexity index is 350. The first-order valence-corrected chi connectivity index (χ1v) is 4.76. The fourth-order valence-corrected chi connectivity index (χ4v) is 1.15. The van der Waals surface area contributed by atoms with Gasteiger partial charge in [0.2, 0.25) is 0 Å². The zero-order valence-electron chi connectivity index (χ0n) is 8.92. The van der Waals surface area contributed by atoms with Crippen molar-refractivity contribution in [2.75, 3.05) is 20.3 Å². The number of aliphatic hydroxyl groups excluding tert-OH is 1. The van der Waals surface area contributed by atoms with Crippen LogP contribution >= 0.6 is 0 Å². The highest BCUT2D eigenvalue weighted by Gasteiger charge is 2.06. The van der Waals surface area contributed by atoms with Crippen LogP contribution in [0.5, 0.6) is 5.75 Å². The van der Waals surface area contributed by atoms with Gasteiger partial charge >= 0.3 is 5.97 Å². The second-order valence-corrected chi connectivity index (χ2v) is 3.25. The Labute approximate surface area is 93.2 Å². The van der Waals surface area contributed by atoms with Gasteiger partial charge in [0, 0.05) is 7.11 Å². The van der Waals surface area contributed by atoms with Gasteiger partial charge in [0.1, 0.15) is 18.5 Å². The second kappa shape index (κ2) is 6.09. The van der Waals surface area contributed by atoms with E-state index in [0.717, 1.165) is 0 Å². The van der Waals surface area contributed by atoms with Crippen molar-refractivity contribution in [2.24, 2.45) is 0 Å². The van der Waals surface area contributed by atoms with Crippen LogP contribution in [0, 0.1) is 0 Å². The SMILES string of the molecule is COC[C@H](O)COc1cccc(C(=O)O)c1. The first kappa shape index (κ1) is 12.5. The van der Waals surface area contributed by atoms with Gasteiger partial charge < -0.3 is 19.7 Å². The van der Waals surface area contributed by atoms with Crippen LogP contribution in [0.3, 0.4) is 0 Å². The molecule has 5 heteroatoms. The molecule has 1 aromatic rings. The van der Waals surface area contributed by atoms with Crippen LogP contribution in [0.4, 0.5) is 0 Å². The molecule has 0 radical (unpaired) electrons. The molecular weight excluding hydrogens is 212 g/mol. The average molecular weight is 226 g/mol. The fourth-order valence-electron chi connectivity index (χ4n) is 1.15. The van der Waals surface area contributed by atoms with Crippen LogP contribution in [-0.4, -0.2) is 42.6 Å². The van der Waals surface area contributed by atoms with Crippen LogP contribution < -0.4 is 4.74 Å². The van der Waals surface area contributed by atoms with Gasteiger partial charge in [0.05, 0.1) is 12.2 Å². The van der Waals surface area contributed by atoms with Crippen molar-refractivity contribution in [1.29, 1.82) is 0 Å². The number of rotatable bonds is 6. The number of carboxylic acids is 1. The first-order chi connectivity index (χ1) is 7.63. The number of carbonyl (C=O) groups is 1. The van der Waals surface area contributed by atoms with Gasteiger partial charge in [0.25, 0.3) is 0 Å². The number of aromatic carboxylic acids is 1. The van der Waals surface area contributed by atoms with Crippen molar-refractivity contribution in [1.82, 2.24) is 0 Å². The Morgan fingerprint density at radius 1 is 1.44 bits per heavy atom. The first-order valence-electron chi connectivity index (χ1n) is 4.76. The molecule has 0 aliphatic rings. The highest BCUT2D eigenvalue weighted by molar-refractivity contribution is 5.87. The van der Waals surface area contributed by atoms with E-state index in [9.17, 15) is 9.90 Å². The zero-order valence-corrected chi connectivity index (χ0v) is 8.92. The molecule has 0 aliphatic heterocycles. The van der Waals surface area contributed by atoms with Gasteiger partial charge in [-0.25, -0.2) is 4.79 Å². The summed E-state index contributed by atoms with van der Waals surface area (Å²) >= 11 is 0. The second-order valence-electron chi connectivity index (χ2n) is 3.25. The minimum Gasteiger partial charge on any atom is -0.491 e. The van der Waals surface area contributed by atoms with Gasteiger partial charge in [-0.3, -0.25) is 0 Å². The summed E-state index contributed by atoms with van der Waals surface area (Å²) in [5, 5.41) is 18.1. The third kappa shape index (κ3) is 3.88. The van der Waals surface area contributed by atoms with Crippen molar-refractivity contribution >= 4 is 5.97 Å². The van der Waals surface area contributed by atoms with Gasteiger partial charge in [-0.1, -0.05) is 6.07 Å². The monoisotopic (exact) mass is 226 g/mol. The third-order valence-electron chi connectivity index (χ3n) is 1.88. The predicted molar refractivity (Wildman–Crippen MR) is 56.8 cm³/mol. The zero-order chi connectivity index (χ0) is 12.0. The number of benzene rings is 1. The molecule has 1 rings (SSSR count). The van der Waals surface area contributed by atoms with E-state index in [1.807, 2.05) is 0 Å². The Hall–Kier alpha value is -1.59. The molecule has 2 N–H and O–H groups in total. The molecule has 0 aromatic heterocycles. The lowest BCUT2D eigenvalue weighted by molar-refractivity contribution is 0.0325. The molecule has 1 aromatic carbocycles. The smallest absolute Gasteiger partial charge is 0.335 e. The minimum atomic E-state index is -1.01. The number of ether oxygens (including phenoxy) is 2. The standard InChI is InChI=1S/C11H14O5/c1-15-6-9(12)7-16-10-4-2-3-8(5-10)11(13)14/h2-5,9,12H,6-7H2,1H3,(H,13,14)/t9-/m0/s1. The number of hydrogen-bond acceptors (Lipinski definition) is 4. The average Bonchev–Trinajstić information content (AvgIpc) is 2.27. The molecule has 0 bridgehead atoms. The topological polar surface area (TPSA) is 76.0 Å². The van der Waals surface area contributed by atoms with E-state index in [1.165, 1.54) is 19.2 Å². The molecular formula is C11H14O5. The molecule has 88 valence electrons. The predicted octanol–water partition coefficient (Wildman–Crippen LogP) is 0.771. The van der Waals surface area contributed by atoms with E-state index < -0.39 is 12.1 Å². The van der Waals surface area contributed by atoms with Crippen LogP contribution in [0.2, 0.25) is 0 Å². The highest BCUT2D eigenvalue weighted by atomic mass is 16.5. The quantitative estimate of drug-likeness (QED) is 0.749. The molecule has 0 saturated heterocycles. The molecule has 0 aliphatic carbocycles. The summed E-state index contributed by atoms with van der Waals surface area (Å²) in [5.74, 6) is -0.599. The summed E-state index contributed by atoms with van der Waals surface area (Å²) < 4.78 is 9.95.